The molecule has 0 spiro atoms. The lowest BCUT2D eigenvalue weighted by Crippen LogP contribution is -2.60. The summed E-state index contributed by atoms with van der Waals surface area (Å²) in [6.45, 7) is -0.567. The number of sulfonamides is 1. The van der Waals surface area contributed by atoms with Crippen LogP contribution in [0, 0.1) is 0 Å². The highest BCUT2D eigenvalue weighted by molar-refractivity contribution is 7.92. The molecule has 2 heterocycles. The highest BCUT2D eigenvalue weighted by Gasteiger charge is 2.44. The highest BCUT2D eigenvalue weighted by Crippen LogP contribution is 2.29. The van der Waals surface area contributed by atoms with Crippen LogP contribution >= 0.6 is 0 Å². The number of hydrogen-bond donors (Lipinski definition) is 6. The molecule has 0 radical (unpaired) electrons. The maximum Gasteiger partial charge on any atom is 0.262 e. The van der Waals surface area contributed by atoms with Gasteiger partial charge in [0.25, 0.3) is 10.0 Å². The Morgan fingerprint density at radius 3 is 2.27 bits per heavy atom. The van der Waals surface area contributed by atoms with Gasteiger partial charge in [0.05, 0.1) is 24.3 Å². The Kier molecular flexibility index (Phi) is 8.12. The first-order valence-corrected chi connectivity index (χ1v) is 12.7. The zero-order valence-electron chi connectivity index (χ0n) is 19.6. The summed E-state index contributed by atoms with van der Waals surface area (Å²) in [5, 5.41) is 42.3. The van der Waals surface area contributed by atoms with Crippen molar-refractivity contribution in [3.05, 3.63) is 66.9 Å². The van der Waals surface area contributed by atoms with Gasteiger partial charge in [-0.2, -0.15) is 0 Å². The van der Waals surface area contributed by atoms with Crippen molar-refractivity contribution in [2.75, 3.05) is 23.8 Å². The maximum absolute atomic E-state index is 12.8. The van der Waals surface area contributed by atoms with Crippen molar-refractivity contribution in [1.29, 1.82) is 0 Å². The second kappa shape index (κ2) is 11.3. The highest BCUT2D eigenvalue weighted by atomic mass is 32.2. The molecule has 5 atom stereocenters. The summed E-state index contributed by atoms with van der Waals surface area (Å²) in [6.07, 6.45) is -5.48. The predicted molar refractivity (Wildman–Crippen MR) is 132 cm³/mol. The number of benzene rings is 2. The van der Waals surface area contributed by atoms with E-state index in [9.17, 15) is 28.8 Å². The van der Waals surface area contributed by atoms with E-state index in [4.69, 9.17) is 14.2 Å². The van der Waals surface area contributed by atoms with E-state index in [1.165, 1.54) is 25.4 Å². The number of nitrogens with zero attached hydrogens (tertiary/aromatic N) is 1. The second-order valence-corrected chi connectivity index (χ2v) is 9.83. The number of aromatic nitrogens is 1. The van der Waals surface area contributed by atoms with Crippen LogP contribution in [0.3, 0.4) is 0 Å². The predicted octanol–water partition coefficient (Wildman–Crippen LogP) is 0.813. The number of rotatable bonds is 9. The number of methoxy groups -OCH3 is 1. The van der Waals surface area contributed by atoms with Crippen LogP contribution in [0.4, 0.5) is 17.2 Å². The summed E-state index contributed by atoms with van der Waals surface area (Å²) in [4.78, 5) is 4.27. The largest absolute Gasteiger partial charge is 0.497 e. The fourth-order valence-corrected chi connectivity index (χ4v) is 4.66. The topological polar surface area (TPSA) is 180 Å². The van der Waals surface area contributed by atoms with E-state index in [2.05, 4.69) is 15.0 Å². The third-order valence-electron chi connectivity index (χ3n) is 5.64. The van der Waals surface area contributed by atoms with Gasteiger partial charge in [0.2, 0.25) is 6.29 Å². The first kappa shape index (κ1) is 26.6. The Morgan fingerprint density at radius 2 is 1.62 bits per heavy atom. The summed E-state index contributed by atoms with van der Waals surface area (Å²) in [5.74, 6) is 1.06. The van der Waals surface area contributed by atoms with Gasteiger partial charge in [0, 0.05) is 11.9 Å². The van der Waals surface area contributed by atoms with E-state index in [0.717, 1.165) is 0 Å². The van der Waals surface area contributed by atoms with Gasteiger partial charge in [-0.1, -0.05) is 0 Å². The van der Waals surface area contributed by atoms with Crippen molar-refractivity contribution in [2.45, 2.75) is 35.6 Å². The monoisotopic (exact) mass is 533 g/mol. The lowest BCUT2D eigenvalue weighted by atomic mass is 9.99. The molecule has 1 aliphatic heterocycles. The fourth-order valence-electron chi connectivity index (χ4n) is 3.60. The molecular formula is C24H27N3O9S. The van der Waals surface area contributed by atoms with Crippen molar-refractivity contribution < 1.29 is 43.1 Å². The SMILES string of the molecule is COc1ccc(S(=O)(=O)Nc2cccnc2Nc2ccc(O[C@H]3O[C@H](CO)[C@@H](O)[C@H](O)[C@H]3O)cc2)cc1. The molecule has 198 valence electrons. The minimum Gasteiger partial charge on any atom is -0.497 e. The van der Waals surface area contributed by atoms with Crippen LogP contribution in [-0.4, -0.2) is 78.3 Å². The zero-order valence-corrected chi connectivity index (χ0v) is 20.4. The molecule has 13 heteroatoms. The van der Waals surface area contributed by atoms with E-state index in [1.807, 2.05) is 0 Å². The molecule has 0 bridgehead atoms. The van der Waals surface area contributed by atoms with Gasteiger partial charge in [0.15, 0.2) is 5.82 Å². The number of aliphatic hydroxyl groups is 4. The van der Waals surface area contributed by atoms with Crippen molar-refractivity contribution in [3.63, 3.8) is 0 Å². The Bertz CT molecular complexity index is 1290. The number of pyridine rings is 1. The van der Waals surface area contributed by atoms with Gasteiger partial charge in [-0.15, -0.1) is 0 Å². The fraction of sp³-hybridized carbons (Fsp3) is 0.292. The van der Waals surface area contributed by atoms with Crippen molar-refractivity contribution >= 4 is 27.2 Å². The smallest absolute Gasteiger partial charge is 0.262 e. The van der Waals surface area contributed by atoms with Crippen LogP contribution in [0.1, 0.15) is 0 Å². The molecule has 1 aliphatic rings. The molecule has 1 aromatic heterocycles. The molecule has 3 aromatic rings. The summed E-state index contributed by atoms with van der Waals surface area (Å²) in [6, 6.07) is 15.4. The molecule has 1 saturated heterocycles. The molecule has 1 fully saturated rings. The molecule has 2 aromatic carbocycles. The first-order chi connectivity index (χ1) is 17.7. The minimum atomic E-state index is -3.90. The third-order valence-corrected chi connectivity index (χ3v) is 7.02. The molecule has 0 unspecified atom stereocenters. The normalized spacial score (nSPS) is 23.8. The summed E-state index contributed by atoms with van der Waals surface area (Å²) in [7, 11) is -2.41. The maximum atomic E-state index is 12.8. The third kappa shape index (κ3) is 6.10. The number of ether oxygens (including phenoxy) is 3. The lowest BCUT2D eigenvalue weighted by Gasteiger charge is -2.39. The van der Waals surface area contributed by atoms with Gasteiger partial charge in [0.1, 0.15) is 35.9 Å². The Hall–Kier alpha value is -3.46. The van der Waals surface area contributed by atoms with E-state index >= 15 is 0 Å². The van der Waals surface area contributed by atoms with E-state index in [-0.39, 0.29) is 22.2 Å². The number of nitrogens with one attached hydrogen (secondary N) is 2. The standard InChI is InChI=1S/C24H27N3O9S/c1-34-15-8-10-17(11-9-15)37(32,33)27-18-3-2-12-25-23(18)26-14-4-6-16(7-5-14)35-24-22(31)21(30)20(29)19(13-28)36-24/h2-12,19-22,24,27-31H,13H2,1H3,(H,25,26)/t19-,20-,21+,22-,24+/m1/s1. The van der Waals surface area contributed by atoms with Gasteiger partial charge in [-0.25, -0.2) is 13.4 Å². The molecular weight excluding hydrogens is 506 g/mol. The molecule has 0 aliphatic carbocycles. The Labute approximate surface area is 213 Å². The van der Waals surface area contributed by atoms with Crippen LogP contribution in [0.25, 0.3) is 0 Å². The van der Waals surface area contributed by atoms with Crippen molar-refractivity contribution in [2.24, 2.45) is 0 Å². The van der Waals surface area contributed by atoms with Crippen LogP contribution in [0.5, 0.6) is 11.5 Å². The first-order valence-electron chi connectivity index (χ1n) is 11.2. The second-order valence-electron chi connectivity index (χ2n) is 8.15. The van der Waals surface area contributed by atoms with E-state index < -0.39 is 47.3 Å². The molecule has 6 N–H and O–H groups in total. The van der Waals surface area contributed by atoms with E-state index in [0.29, 0.717) is 11.4 Å². The molecule has 12 nitrogen and oxygen atoms in total. The van der Waals surface area contributed by atoms with E-state index in [1.54, 1.807) is 48.5 Å². The summed E-state index contributed by atoms with van der Waals surface area (Å²) < 4.78 is 44.2. The lowest BCUT2D eigenvalue weighted by molar-refractivity contribution is -0.277. The number of anilines is 3. The van der Waals surface area contributed by atoms with Gasteiger partial charge in [-0.05, 0) is 60.7 Å². The molecule has 0 amide bonds. The van der Waals surface area contributed by atoms with Crippen LogP contribution in [0.15, 0.2) is 71.8 Å². The Morgan fingerprint density at radius 1 is 0.946 bits per heavy atom. The summed E-state index contributed by atoms with van der Waals surface area (Å²) in [5.41, 5.74) is 0.768. The molecule has 0 saturated carbocycles. The average molecular weight is 534 g/mol. The zero-order chi connectivity index (χ0) is 26.6. The number of hydrogen-bond acceptors (Lipinski definition) is 11. The van der Waals surface area contributed by atoms with Crippen molar-refractivity contribution in [1.82, 2.24) is 4.98 Å². The van der Waals surface area contributed by atoms with Crippen LogP contribution in [0.2, 0.25) is 0 Å². The molecule has 4 rings (SSSR count). The number of aliphatic hydroxyl groups excluding tert-OH is 4. The average Bonchev–Trinajstić information content (AvgIpc) is 2.91. The minimum absolute atomic E-state index is 0.0535. The van der Waals surface area contributed by atoms with Crippen LogP contribution < -0.4 is 19.5 Å². The van der Waals surface area contributed by atoms with Crippen LogP contribution in [-0.2, 0) is 14.8 Å². The quantitative estimate of drug-likeness (QED) is 0.229. The van der Waals surface area contributed by atoms with Gasteiger partial charge >= 0.3 is 0 Å². The summed E-state index contributed by atoms with van der Waals surface area (Å²) >= 11 is 0. The van der Waals surface area contributed by atoms with Crippen molar-refractivity contribution in [3.8, 4) is 11.5 Å². The Balaban J connectivity index is 1.45. The molecule has 37 heavy (non-hydrogen) atoms. The van der Waals surface area contributed by atoms with Gasteiger partial charge < -0.3 is 40.0 Å². The van der Waals surface area contributed by atoms with Gasteiger partial charge in [-0.3, -0.25) is 4.72 Å².